The van der Waals surface area contributed by atoms with Gasteiger partial charge in [-0.25, -0.2) is 23.1 Å². The first-order valence-corrected chi connectivity index (χ1v) is 13.6. The average molecular weight is 514 g/mol. The third-order valence-electron chi connectivity index (χ3n) is 7.09. The Kier molecular flexibility index (Phi) is 7.15. The van der Waals surface area contributed by atoms with Crippen LogP contribution in [-0.2, 0) is 19.4 Å². The fourth-order valence-electron chi connectivity index (χ4n) is 5.54. The largest absolute Gasteiger partial charge is 0.509 e. The lowest BCUT2D eigenvalue weighted by Gasteiger charge is -2.48. The summed E-state index contributed by atoms with van der Waals surface area (Å²) in [5, 5.41) is 10.7. The second kappa shape index (κ2) is 9.64. The average Bonchev–Trinajstić information content (AvgIpc) is 3.36. The van der Waals surface area contributed by atoms with E-state index in [2.05, 4.69) is 23.7 Å². The molecule has 0 bridgehead atoms. The maximum Gasteiger partial charge on any atom is 0.509 e. The molecule has 0 aromatic heterocycles. The molecular weight excluding hydrogens is 482 g/mol. The number of hydrogen-bond donors (Lipinski definition) is 1. The predicted octanol–water partition coefficient (Wildman–Crippen LogP) is 4.09. The van der Waals surface area contributed by atoms with Gasteiger partial charge in [0.05, 0.1) is 16.0 Å². The molecule has 2 heterocycles. The number of rotatable bonds is 6. The molecule has 9 nitrogen and oxygen atoms in total. The number of hydrogen-bond acceptors (Lipinski definition) is 8. The maximum absolute atomic E-state index is 13.4. The van der Waals surface area contributed by atoms with Crippen LogP contribution in [0.1, 0.15) is 51.5 Å². The number of amidine groups is 1. The molecule has 1 aromatic carbocycles. The van der Waals surface area contributed by atoms with Gasteiger partial charge in [-0.2, -0.15) is 4.99 Å². The van der Waals surface area contributed by atoms with Gasteiger partial charge in [-0.05, 0) is 69.2 Å². The highest BCUT2D eigenvalue weighted by atomic mass is 35.5. The third-order valence-corrected chi connectivity index (χ3v) is 9.31. The molecule has 2 aliphatic heterocycles. The number of ether oxygens (including phenoxy) is 1. The number of benzene rings is 1. The number of likely N-dealkylation sites (tertiary alicyclic amines) is 1. The Labute approximate surface area is 205 Å². The second-order valence-electron chi connectivity index (χ2n) is 10.00. The highest BCUT2D eigenvalue weighted by Gasteiger charge is 2.47. The molecule has 1 N–H and O–H groups in total. The summed E-state index contributed by atoms with van der Waals surface area (Å²) in [5.41, 5.74) is 0.303. The topological polar surface area (TPSA) is 109 Å². The summed E-state index contributed by atoms with van der Waals surface area (Å²) in [6.45, 7) is 8.19. The van der Waals surface area contributed by atoms with E-state index in [1.165, 1.54) is 24.0 Å². The lowest BCUT2D eigenvalue weighted by atomic mass is 9.70. The lowest BCUT2D eigenvalue weighted by Crippen LogP contribution is -2.54. The zero-order chi connectivity index (χ0) is 24.7. The second-order valence-corrected chi connectivity index (χ2v) is 12.3. The molecule has 3 unspecified atom stereocenters. The van der Waals surface area contributed by atoms with Crippen molar-refractivity contribution in [2.75, 3.05) is 18.8 Å². The van der Waals surface area contributed by atoms with Gasteiger partial charge in [0.25, 0.3) is 0 Å². The predicted molar refractivity (Wildman–Crippen MR) is 128 cm³/mol. The van der Waals surface area contributed by atoms with E-state index in [1.807, 2.05) is 0 Å². The van der Waals surface area contributed by atoms with Crippen LogP contribution < -0.4 is 0 Å². The number of sulfone groups is 1. The molecule has 3 atom stereocenters. The van der Waals surface area contributed by atoms with Crippen molar-refractivity contribution in [3.8, 4) is 0 Å². The fraction of sp³-hybridized carbons (Fsp3) is 0.652. The molecule has 1 aliphatic carbocycles. The zero-order valence-corrected chi connectivity index (χ0v) is 21.3. The first-order chi connectivity index (χ1) is 16.0. The van der Waals surface area contributed by atoms with Crippen LogP contribution >= 0.6 is 11.6 Å². The molecule has 3 aliphatic rings. The van der Waals surface area contributed by atoms with Gasteiger partial charge in [0.15, 0.2) is 9.84 Å². The number of hydroxylamine groups is 2. The van der Waals surface area contributed by atoms with Gasteiger partial charge in [-0.1, -0.05) is 37.6 Å². The Morgan fingerprint density at radius 3 is 2.62 bits per heavy atom. The van der Waals surface area contributed by atoms with E-state index in [0.717, 1.165) is 32.4 Å². The molecule has 0 spiro atoms. The summed E-state index contributed by atoms with van der Waals surface area (Å²) < 4.78 is 31.5. The Morgan fingerprint density at radius 1 is 1.29 bits per heavy atom. The summed E-state index contributed by atoms with van der Waals surface area (Å²) in [5.74, 6) is -0.345. The minimum absolute atomic E-state index is 0.0407. The van der Waals surface area contributed by atoms with E-state index >= 15 is 0 Å². The first kappa shape index (κ1) is 25.2. The number of nitrogens with zero attached hydrogens (tertiary/aromatic N) is 3. The van der Waals surface area contributed by atoms with Crippen molar-refractivity contribution in [1.82, 2.24) is 9.96 Å². The number of halogens is 1. The van der Waals surface area contributed by atoms with Crippen LogP contribution in [0.5, 0.6) is 0 Å². The standard InChI is InChI=1S/C23H32ClN3O6S/c1-15-7-6-8-17(24)20(15)34(30,31)14-19-25-21(32-22(28)29)33-27(19)18-10-9-16(13-23(18,2)3)26-11-4-5-12-26/h6-8,16,18,21H,4-5,9-14H2,1-3H3,(H,28,29). The van der Waals surface area contributed by atoms with Crippen LogP contribution in [0.15, 0.2) is 28.1 Å². The van der Waals surface area contributed by atoms with Gasteiger partial charge in [0.2, 0.25) is 0 Å². The number of carbonyl (C=O) groups is 1. The van der Waals surface area contributed by atoms with E-state index in [-0.39, 0.29) is 27.2 Å². The lowest BCUT2D eigenvalue weighted by molar-refractivity contribution is -0.240. The Balaban J connectivity index is 1.60. The molecule has 0 amide bonds. The molecule has 4 rings (SSSR count). The van der Waals surface area contributed by atoms with Crippen molar-refractivity contribution in [3.05, 3.63) is 28.8 Å². The Morgan fingerprint density at radius 2 is 2.00 bits per heavy atom. The highest BCUT2D eigenvalue weighted by Crippen LogP contribution is 2.43. The van der Waals surface area contributed by atoms with Crippen LogP contribution in [-0.4, -0.2) is 72.8 Å². The summed E-state index contributed by atoms with van der Waals surface area (Å²) in [6.07, 6.45) is 2.09. The molecule has 11 heteroatoms. The van der Waals surface area contributed by atoms with Crippen molar-refractivity contribution in [3.63, 3.8) is 0 Å². The normalized spacial score (nSPS) is 27.6. The quantitative estimate of drug-likeness (QED) is 0.566. The van der Waals surface area contributed by atoms with Crippen molar-refractivity contribution in [2.24, 2.45) is 10.4 Å². The van der Waals surface area contributed by atoms with Crippen LogP contribution in [0.4, 0.5) is 4.79 Å². The van der Waals surface area contributed by atoms with Gasteiger partial charge in [-0.15, -0.1) is 0 Å². The van der Waals surface area contributed by atoms with Gasteiger partial charge in [0.1, 0.15) is 11.6 Å². The van der Waals surface area contributed by atoms with Gasteiger partial charge in [-0.3, -0.25) is 0 Å². The minimum atomic E-state index is -3.89. The summed E-state index contributed by atoms with van der Waals surface area (Å²) in [4.78, 5) is 23.7. The summed E-state index contributed by atoms with van der Waals surface area (Å²) in [7, 11) is -3.89. The van der Waals surface area contributed by atoms with E-state index in [1.54, 1.807) is 19.1 Å². The van der Waals surface area contributed by atoms with E-state index in [0.29, 0.717) is 11.6 Å². The maximum atomic E-state index is 13.4. The summed E-state index contributed by atoms with van der Waals surface area (Å²) in [6, 6.07) is 5.19. The zero-order valence-electron chi connectivity index (χ0n) is 19.7. The molecule has 188 valence electrons. The van der Waals surface area contributed by atoms with Crippen LogP contribution in [0, 0.1) is 12.3 Å². The SMILES string of the molecule is Cc1cccc(Cl)c1S(=O)(=O)CC1=NC(OC(=O)O)ON1C1CCC(N2CCCC2)CC1(C)C. The first-order valence-electron chi connectivity index (χ1n) is 11.6. The Hall–Kier alpha value is -1.88. The van der Waals surface area contributed by atoms with Crippen molar-refractivity contribution < 1.29 is 27.9 Å². The molecule has 2 fully saturated rings. The number of carboxylic acid groups (broad SMARTS) is 1. The van der Waals surface area contributed by atoms with Gasteiger partial charge < -0.3 is 14.7 Å². The van der Waals surface area contributed by atoms with Gasteiger partial charge >= 0.3 is 12.6 Å². The molecule has 1 aromatic rings. The Bertz CT molecular complexity index is 1050. The van der Waals surface area contributed by atoms with Crippen molar-refractivity contribution in [2.45, 2.75) is 76.3 Å². The highest BCUT2D eigenvalue weighted by molar-refractivity contribution is 7.92. The van der Waals surface area contributed by atoms with E-state index in [9.17, 15) is 13.2 Å². The molecule has 34 heavy (non-hydrogen) atoms. The third kappa shape index (κ3) is 5.19. The number of aryl methyl sites for hydroxylation is 1. The van der Waals surface area contributed by atoms with E-state index in [4.69, 9.17) is 26.3 Å². The van der Waals surface area contributed by atoms with Crippen molar-refractivity contribution in [1.29, 1.82) is 0 Å². The van der Waals surface area contributed by atoms with E-state index < -0.39 is 28.2 Å². The number of aliphatic imine (C=N–C) groups is 1. The monoisotopic (exact) mass is 513 g/mol. The van der Waals surface area contributed by atoms with Crippen molar-refractivity contribution >= 4 is 33.4 Å². The summed E-state index contributed by atoms with van der Waals surface area (Å²) >= 11 is 6.23. The van der Waals surface area contributed by atoms with Gasteiger partial charge in [0, 0.05) is 6.04 Å². The molecule has 1 saturated heterocycles. The van der Waals surface area contributed by atoms with Crippen LogP contribution in [0.3, 0.4) is 0 Å². The molecule has 1 saturated carbocycles. The smallest absolute Gasteiger partial charge is 0.450 e. The minimum Gasteiger partial charge on any atom is -0.450 e. The van der Waals surface area contributed by atoms with Crippen LogP contribution in [0.2, 0.25) is 5.02 Å². The molecule has 0 radical (unpaired) electrons. The fourth-order valence-corrected chi connectivity index (χ4v) is 7.72. The molecular formula is C23H32ClN3O6S. The van der Waals surface area contributed by atoms with Crippen LogP contribution in [0.25, 0.3) is 0 Å².